The Balaban J connectivity index is 2.71. The molecular formula is C10H11FO. The molecule has 12 heavy (non-hydrogen) atoms. The Bertz CT molecular complexity index is 262. The van der Waals surface area contributed by atoms with Crippen molar-refractivity contribution in [2.24, 2.45) is 0 Å². The lowest BCUT2D eigenvalue weighted by molar-refractivity contribution is 0.245. The maximum absolute atomic E-state index is 12.4. The second-order valence-electron chi connectivity index (χ2n) is 2.65. The molecule has 0 heterocycles. The number of benzene rings is 1. The van der Waals surface area contributed by atoms with Gasteiger partial charge in [0.1, 0.15) is 5.82 Å². The normalized spacial score (nSPS) is 13.6. The highest BCUT2D eigenvalue weighted by Gasteiger charge is 1.89. The molecule has 1 atom stereocenters. The molecule has 1 rings (SSSR count). The van der Waals surface area contributed by atoms with E-state index in [9.17, 15) is 4.39 Å². The summed E-state index contributed by atoms with van der Waals surface area (Å²) < 4.78 is 12.4. The van der Waals surface area contributed by atoms with Crippen LogP contribution < -0.4 is 0 Å². The van der Waals surface area contributed by atoms with Gasteiger partial charge in [0.2, 0.25) is 0 Å². The summed E-state index contributed by atoms with van der Waals surface area (Å²) in [5, 5.41) is 8.91. The monoisotopic (exact) mass is 166 g/mol. The molecular weight excluding hydrogens is 155 g/mol. The van der Waals surface area contributed by atoms with E-state index >= 15 is 0 Å². The van der Waals surface area contributed by atoms with E-state index in [1.165, 1.54) is 12.1 Å². The standard InChI is InChI=1S/C10H11FO/c1-8(12)2-3-9-4-6-10(11)7-5-9/h2-8,12H,1H3. The average molecular weight is 166 g/mol. The molecule has 0 spiro atoms. The summed E-state index contributed by atoms with van der Waals surface area (Å²) in [5.74, 6) is -0.246. The number of aliphatic hydroxyl groups excluding tert-OH is 1. The lowest BCUT2D eigenvalue weighted by Gasteiger charge is -1.94. The van der Waals surface area contributed by atoms with E-state index < -0.39 is 6.10 Å². The van der Waals surface area contributed by atoms with Crippen LogP contribution in [0.1, 0.15) is 12.5 Å². The fourth-order valence-electron chi connectivity index (χ4n) is 0.824. The van der Waals surface area contributed by atoms with Gasteiger partial charge in [-0.25, -0.2) is 4.39 Å². The van der Waals surface area contributed by atoms with E-state index in [1.54, 1.807) is 31.2 Å². The lowest BCUT2D eigenvalue weighted by Crippen LogP contribution is -1.91. The third kappa shape index (κ3) is 2.84. The third-order valence-corrected chi connectivity index (χ3v) is 1.44. The molecule has 1 nitrogen and oxygen atoms in total. The summed E-state index contributed by atoms with van der Waals surface area (Å²) in [7, 11) is 0. The van der Waals surface area contributed by atoms with E-state index in [0.717, 1.165) is 5.56 Å². The van der Waals surface area contributed by atoms with Crippen molar-refractivity contribution >= 4 is 6.08 Å². The van der Waals surface area contributed by atoms with Gasteiger partial charge in [0.05, 0.1) is 6.10 Å². The van der Waals surface area contributed by atoms with Crippen LogP contribution >= 0.6 is 0 Å². The fourth-order valence-corrected chi connectivity index (χ4v) is 0.824. The predicted octanol–water partition coefficient (Wildman–Crippen LogP) is 2.22. The first-order valence-electron chi connectivity index (χ1n) is 3.80. The van der Waals surface area contributed by atoms with Gasteiger partial charge in [0.15, 0.2) is 0 Å². The third-order valence-electron chi connectivity index (χ3n) is 1.44. The van der Waals surface area contributed by atoms with Crippen LogP contribution in [0.25, 0.3) is 6.08 Å². The van der Waals surface area contributed by atoms with Crippen LogP contribution in [0.5, 0.6) is 0 Å². The molecule has 0 aliphatic heterocycles. The molecule has 0 fully saturated rings. The van der Waals surface area contributed by atoms with Gasteiger partial charge in [-0.3, -0.25) is 0 Å². The quantitative estimate of drug-likeness (QED) is 0.714. The van der Waals surface area contributed by atoms with Crippen molar-refractivity contribution in [3.8, 4) is 0 Å². The van der Waals surface area contributed by atoms with Gasteiger partial charge < -0.3 is 5.11 Å². The molecule has 1 N–H and O–H groups in total. The average Bonchev–Trinajstić information content (AvgIpc) is 2.03. The van der Waals surface area contributed by atoms with Crippen LogP contribution in [-0.2, 0) is 0 Å². The number of hydrogen-bond acceptors (Lipinski definition) is 1. The fraction of sp³-hybridized carbons (Fsp3) is 0.200. The molecule has 0 aliphatic rings. The summed E-state index contributed by atoms with van der Waals surface area (Å²) in [5.41, 5.74) is 0.886. The minimum atomic E-state index is -0.463. The second kappa shape index (κ2) is 4.02. The Hall–Kier alpha value is -1.15. The first-order chi connectivity index (χ1) is 5.68. The van der Waals surface area contributed by atoms with Gasteiger partial charge in [-0.2, -0.15) is 0 Å². The number of rotatable bonds is 2. The largest absolute Gasteiger partial charge is 0.389 e. The zero-order chi connectivity index (χ0) is 8.97. The Kier molecular flexibility index (Phi) is 3.00. The maximum Gasteiger partial charge on any atom is 0.123 e. The SMILES string of the molecule is CC(O)C=Cc1ccc(F)cc1. The van der Waals surface area contributed by atoms with Crippen molar-refractivity contribution < 1.29 is 9.50 Å². The van der Waals surface area contributed by atoms with Crippen LogP contribution in [0.4, 0.5) is 4.39 Å². The molecule has 2 heteroatoms. The Morgan fingerprint density at radius 3 is 2.42 bits per heavy atom. The van der Waals surface area contributed by atoms with Gasteiger partial charge in [-0.05, 0) is 24.6 Å². The van der Waals surface area contributed by atoms with Crippen LogP contribution in [-0.4, -0.2) is 11.2 Å². The van der Waals surface area contributed by atoms with Gasteiger partial charge in [-0.15, -0.1) is 0 Å². The summed E-state index contributed by atoms with van der Waals surface area (Å²) in [6, 6.07) is 6.10. The Labute approximate surface area is 71.2 Å². The summed E-state index contributed by atoms with van der Waals surface area (Å²) in [6.45, 7) is 1.67. The Morgan fingerprint density at radius 2 is 1.92 bits per heavy atom. The Morgan fingerprint density at radius 1 is 1.33 bits per heavy atom. The van der Waals surface area contributed by atoms with Gasteiger partial charge in [0.25, 0.3) is 0 Å². The first-order valence-corrected chi connectivity index (χ1v) is 3.80. The second-order valence-corrected chi connectivity index (χ2v) is 2.65. The molecule has 0 bridgehead atoms. The molecule has 0 saturated heterocycles. The molecule has 1 aromatic rings. The maximum atomic E-state index is 12.4. The molecule has 1 aromatic carbocycles. The number of halogens is 1. The summed E-state index contributed by atoms with van der Waals surface area (Å²) in [6.07, 6.45) is 2.94. The predicted molar refractivity (Wildman–Crippen MR) is 47.1 cm³/mol. The first kappa shape index (κ1) is 8.94. The van der Waals surface area contributed by atoms with Crippen molar-refractivity contribution in [1.82, 2.24) is 0 Å². The molecule has 0 amide bonds. The zero-order valence-electron chi connectivity index (χ0n) is 6.87. The smallest absolute Gasteiger partial charge is 0.123 e. The van der Waals surface area contributed by atoms with Crippen molar-refractivity contribution in [3.05, 3.63) is 41.7 Å². The zero-order valence-corrected chi connectivity index (χ0v) is 6.87. The van der Waals surface area contributed by atoms with Crippen molar-refractivity contribution in [1.29, 1.82) is 0 Å². The van der Waals surface area contributed by atoms with Crippen LogP contribution in [0, 0.1) is 5.82 Å². The molecule has 1 unspecified atom stereocenters. The van der Waals surface area contributed by atoms with E-state index in [-0.39, 0.29) is 5.82 Å². The van der Waals surface area contributed by atoms with E-state index in [2.05, 4.69) is 0 Å². The van der Waals surface area contributed by atoms with Crippen LogP contribution in [0.15, 0.2) is 30.3 Å². The van der Waals surface area contributed by atoms with Crippen molar-refractivity contribution in [2.75, 3.05) is 0 Å². The minimum Gasteiger partial charge on any atom is -0.389 e. The van der Waals surface area contributed by atoms with Crippen LogP contribution in [0.3, 0.4) is 0 Å². The topological polar surface area (TPSA) is 20.2 Å². The number of hydrogen-bond donors (Lipinski definition) is 1. The van der Waals surface area contributed by atoms with E-state index in [4.69, 9.17) is 5.11 Å². The van der Waals surface area contributed by atoms with E-state index in [0.29, 0.717) is 0 Å². The highest BCUT2D eigenvalue weighted by molar-refractivity contribution is 5.49. The van der Waals surface area contributed by atoms with Gasteiger partial charge in [0, 0.05) is 0 Å². The molecule has 0 aromatic heterocycles. The van der Waals surface area contributed by atoms with E-state index in [1.807, 2.05) is 0 Å². The molecule has 0 saturated carbocycles. The lowest BCUT2D eigenvalue weighted by atomic mass is 10.2. The highest BCUT2D eigenvalue weighted by atomic mass is 19.1. The summed E-state index contributed by atoms with van der Waals surface area (Å²) in [4.78, 5) is 0. The minimum absolute atomic E-state index is 0.246. The van der Waals surface area contributed by atoms with Crippen molar-refractivity contribution in [2.45, 2.75) is 13.0 Å². The van der Waals surface area contributed by atoms with Gasteiger partial charge in [-0.1, -0.05) is 24.3 Å². The number of aliphatic hydroxyl groups is 1. The molecule has 0 radical (unpaired) electrons. The van der Waals surface area contributed by atoms with Crippen LogP contribution in [0.2, 0.25) is 0 Å². The molecule has 0 aliphatic carbocycles. The van der Waals surface area contributed by atoms with Gasteiger partial charge >= 0.3 is 0 Å². The molecule has 64 valence electrons. The highest BCUT2D eigenvalue weighted by Crippen LogP contribution is 2.04. The summed E-state index contributed by atoms with van der Waals surface area (Å²) >= 11 is 0. The van der Waals surface area contributed by atoms with Crippen molar-refractivity contribution in [3.63, 3.8) is 0 Å².